The topological polar surface area (TPSA) is 32.3 Å². The minimum absolute atomic E-state index is 0.304. The fourth-order valence-corrected chi connectivity index (χ4v) is 2.72. The van der Waals surface area contributed by atoms with Crippen molar-refractivity contribution in [3.8, 4) is 0 Å². The second kappa shape index (κ2) is 5.85. The summed E-state index contributed by atoms with van der Waals surface area (Å²) in [6, 6.07) is 7.53. The summed E-state index contributed by atoms with van der Waals surface area (Å²) in [5, 5.41) is 14.4. The SMILES string of the molecule is CC(C1CCNCC1)C(O)c1ccc(Cl)cc1. The van der Waals surface area contributed by atoms with Gasteiger partial charge in [-0.25, -0.2) is 0 Å². The summed E-state index contributed by atoms with van der Waals surface area (Å²) in [4.78, 5) is 0. The zero-order chi connectivity index (χ0) is 12.3. The van der Waals surface area contributed by atoms with Crippen LogP contribution in [0.3, 0.4) is 0 Å². The predicted molar refractivity (Wildman–Crippen MR) is 71.2 cm³/mol. The second-order valence-electron chi connectivity index (χ2n) is 4.94. The normalized spacial score (nSPS) is 21.1. The van der Waals surface area contributed by atoms with E-state index in [1.807, 2.05) is 24.3 Å². The molecular weight excluding hydrogens is 234 g/mol. The molecule has 2 N–H and O–H groups in total. The highest BCUT2D eigenvalue weighted by molar-refractivity contribution is 6.30. The van der Waals surface area contributed by atoms with Gasteiger partial charge < -0.3 is 10.4 Å². The van der Waals surface area contributed by atoms with Crippen molar-refractivity contribution in [1.82, 2.24) is 5.32 Å². The third kappa shape index (κ3) is 3.21. The van der Waals surface area contributed by atoms with Crippen molar-refractivity contribution in [2.75, 3.05) is 13.1 Å². The molecule has 0 aliphatic carbocycles. The van der Waals surface area contributed by atoms with E-state index in [1.165, 1.54) is 0 Å². The lowest BCUT2D eigenvalue weighted by Crippen LogP contribution is -2.32. The van der Waals surface area contributed by atoms with Crippen LogP contribution in [0.15, 0.2) is 24.3 Å². The van der Waals surface area contributed by atoms with Gasteiger partial charge >= 0.3 is 0 Å². The van der Waals surface area contributed by atoms with Crippen molar-refractivity contribution in [3.63, 3.8) is 0 Å². The quantitative estimate of drug-likeness (QED) is 0.868. The number of benzene rings is 1. The molecule has 2 rings (SSSR count). The predicted octanol–water partition coefficient (Wildman–Crippen LogP) is 3.01. The molecule has 1 aliphatic rings. The summed E-state index contributed by atoms with van der Waals surface area (Å²) >= 11 is 5.85. The van der Waals surface area contributed by atoms with Crippen molar-refractivity contribution >= 4 is 11.6 Å². The fourth-order valence-electron chi connectivity index (χ4n) is 2.59. The lowest BCUT2D eigenvalue weighted by atomic mass is 9.80. The molecule has 94 valence electrons. The first kappa shape index (κ1) is 12.9. The number of halogens is 1. The Kier molecular flexibility index (Phi) is 4.43. The van der Waals surface area contributed by atoms with Crippen LogP contribution in [0, 0.1) is 11.8 Å². The van der Waals surface area contributed by atoms with Crippen molar-refractivity contribution < 1.29 is 5.11 Å². The highest BCUT2D eigenvalue weighted by Crippen LogP contribution is 2.32. The van der Waals surface area contributed by atoms with Crippen LogP contribution in [0.1, 0.15) is 31.4 Å². The zero-order valence-corrected chi connectivity index (χ0v) is 11.0. The maximum absolute atomic E-state index is 10.4. The second-order valence-corrected chi connectivity index (χ2v) is 5.38. The third-order valence-corrected chi connectivity index (χ3v) is 4.09. The summed E-state index contributed by atoms with van der Waals surface area (Å²) in [5.74, 6) is 0.917. The summed E-state index contributed by atoms with van der Waals surface area (Å²) < 4.78 is 0. The van der Waals surface area contributed by atoms with E-state index in [-0.39, 0.29) is 6.10 Å². The number of piperidine rings is 1. The smallest absolute Gasteiger partial charge is 0.0818 e. The van der Waals surface area contributed by atoms with E-state index in [2.05, 4.69) is 12.2 Å². The van der Waals surface area contributed by atoms with Crippen molar-refractivity contribution in [2.45, 2.75) is 25.9 Å². The van der Waals surface area contributed by atoms with Gasteiger partial charge in [0.2, 0.25) is 0 Å². The average Bonchev–Trinajstić information content (AvgIpc) is 2.39. The maximum Gasteiger partial charge on any atom is 0.0818 e. The zero-order valence-electron chi connectivity index (χ0n) is 10.2. The molecule has 2 atom stereocenters. The van der Waals surface area contributed by atoms with E-state index in [0.717, 1.165) is 36.5 Å². The number of hydrogen-bond acceptors (Lipinski definition) is 2. The molecule has 1 aromatic rings. The van der Waals surface area contributed by atoms with Gasteiger partial charge in [0.15, 0.2) is 0 Å². The average molecular weight is 254 g/mol. The summed E-state index contributed by atoms with van der Waals surface area (Å²) in [7, 11) is 0. The van der Waals surface area contributed by atoms with Crippen molar-refractivity contribution in [1.29, 1.82) is 0 Å². The van der Waals surface area contributed by atoms with Gasteiger partial charge in [-0.2, -0.15) is 0 Å². The van der Waals surface area contributed by atoms with Crippen LogP contribution in [-0.2, 0) is 0 Å². The molecule has 1 aliphatic heterocycles. The van der Waals surface area contributed by atoms with Gasteiger partial charge in [0.05, 0.1) is 6.10 Å². The molecule has 2 nitrogen and oxygen atoms in total. The van der Waals surface area contributed by atoms with Gasteiger partial charge in [-0.1, -0.05) is 30.7 Å². The molecule has 0 saturated carbocycles. The Hall–Kier alpha value is -0.570. The van der Waals surface area contributed by atoms with Crippen LogP contribution in [0.2, 0.25) is 5.02 Å². The number of aliphatic hydroxyl groups is 1. The number of aliphatic hydroxyl groups excluding tert-OH is 1. The lowest BCUT2D eigenvalue weighted by Gasteiger charge is -2.31. The number of hydrogen-bond donors (Lipinski definition) is 2. The van der Waals surface area contributed by atoms with Gasteiger partial charge in [0.1, 0.15) is 0 Å². The minimum atomic E-state index is -0.379. The monoisotopic (exact) mass is 253 g/mol. The molecule has 0 bridgehead atoms. The summed E-state index contributed by atoms with van der Waals surface area (Å²) in [6.07, 6.45) is 1.94. The molecule has 1 fully saturated rings. The molecule has 0 amide bonds. The Morgan fingerprint density at radius 1 is 1.24 bits per heavy atom. The Balaban J connectivity index is 2.02. The fraction of sp³-hybridized carbons (Fsp3) is 0.571. The minimum Gasteiger partial charge on any atom is -0.388 e. The largest absolute Gasteiger partial charge is 0.388 e. The Morgan fingerprint density at radius 3 is 2.41 bits per heavy atom. The summed E-state index contributed by atoms with van der Waals surface area (Å²) in [5.41, 5.74) is 0.973. The van der Waals surface area contributed by atoms with Crippen molar-refractivity contribution in [2.24, 2.45) is 11.8 Å². The first-order chi connectivity index (χ1) is 8.18. The van der Waals surface area contributed by atoms with E-state index < -0.39 is 0 Å². The number of rotatable bonds is 3. The molecule has 0 spiro atoms. The molecule has 3 heteroatoms. The van der Waals surface area contributed by atoms with Crippen LogP contribution in [0.4, 0.5) is 0 Å². The molecule has 2 unspecified atom stereocenters. The third-order valence-electron chi connectivity index (χ3n) is 3.84. The first-order valence-electron chi connectivity index (χ1n) is 6.32. The van der Waals surface area contributed by atoms with Crippen LogP contribution in [0.5, 0.6) is 0 Å². The standard InChI is InChI=1S/C14H20ClNO/c1-10(11-6-8-16-9-7-11)14(17)12-2-4-13(15)5-3-12/h2-5,10-11,14,16-17H,6-9H2,1H3. The van der Waals surface area contributed by atoms with Gasteiger partial charge in [-0.3, -0.25) is 0 Å². The van der Waals surface area contributed by atoms with E-state index in [0.29, 0.717) is 11.8 Å². The molecule has 0 aromatic heterocycles. The van der Waals surface area contributed by atoms with Gasteiger partial charge in [-0.05, 0) is 55.5 Å². The van der Waals surface area contributed by atoms with Gasteiger partial charge in [0, 0.05) is 5.02 Å². The molecular formula is C14H20ClNO. The molecule has 17 heavy (non-hydrogen) atoms. The van der Waals surface area contributed by atoms with Crippen LogP contribution in [-0.4, -0.2) is 18.2 Å². The molecule has 1 saturated heterocycles. The van der Waals surface area contributed by atoms with Gasteiger partial charge in [-0.15, -0.1) is 0 Å². The Bertz CT molecular complexity index is 346. The van der Waals surface area contributed by atoms with E-state index in [9.17, 15) is 5.11 Å². The Morgan fingerprint density at radius 2 is 1.82 bits per heavy atom. The van der Waals surface area contributed by atoms with E-state index >= 15 is 0 Å². The first-order valence-corrected chi connectivity index (χ1v) is 6.70. The number of nitrogens with one attached hydrogen (secondary N) is 1. The van der Waals surface area contributed by atoms with Crippen LogP contribution >= 0.6 is 11.6 Å². The Labute approximate surface area is 108 Å². The highest BCUT2D eigenvalue weighted by atomic mass is 35.5. The summed E-state index contributed by atoms with van der Waals surface area (Å²) in [6.45, 7) is 4.29. The van der Waals surface area contributed by atoms with E-state index in [1.54, 1.807) is 0 Å². The maximum atomic E-state index is 10.4. The lowest BCUT2D eigenvalue weighted by molar-refractivity contribution is 0.0711. The van der Waals surface area contributed by atoms with Crippen LogP contribution in [0.25, 0.3) is 0 Å². The molecule has 0 radical (unpaired) electrons. The van der Waals surface area contributed by atoms with E-state index in [4.69, 9.17) is 11.6 Å². The highest BCUT2D eigenvalue weighted by Gasteiger charge is 2.26. The van der Waals surface area contributed by atoms with Crippen molar-refractivity contribution in [3.05, 3.63) is 34.9 Å². The molecule has 1 aromatic carbocycles. The molecule has 1 heterocycles. The van der Waals surface area contributed by atoms with Crippen LogP contribution < -0.4 is 5.32 Å². The van der Waals surface area contributed by atoms with Gasteiger partial charge in [0.25, 0.3) is 0 Å².